The molecule has 1 aliphatic heterocycles. The first-order valence-electron chi connectivity index (χ1n) is 8.72. The average molecular weight is 303 g/mol. The van der Waals surface area contributed by atoms with E-state index < -0.39 is 0 Å². The minimum absolute atomic E-state index is 0.0666. The van der Waals surface area contributed by atoms with Crippen molar-refractivity contribution in [2.45, 2.75) is 64.0 Å². The SMILES string of the molecule is COc1ccc2c(c1)C(NCCC(C)C)CC1(CCCC1)O2. The van der Waals surface area contributed by atoms with Crippen molar-refractivity contribution in [1.82, 2.24) is 5.32 Å². The molecule has 22 heavy (non-hydrogen) atoms. The van der Waals surface area contributed by atoms with E-state index in [0.717, 1.165) is 30.4 Å². The first-order chi connectivity index (χ1) is 10.6. The lowest BCUT2D eigenvalue weighted by molar-refractivity contribution is 0.0365. The summed E-state index contributed by atoms with van der Waals surface area (Å²) in [6.07, 6.45) is 7.28. The second kappa shape index (κ2) is 6.49. The van der Waals surface area contributed by atoms with Crippen LogP contribution in [0, 0.1) is 5.92 Å². The van der Waals surface area contributed by atoms with Gasteiger partial charge in [-0.15, -0.1) is 0 Å². The molecule has 0 bridgehead atoms. The second-order valence-corrected chi connectivity index (χ2v) is 7.29. The predicted octanol–water partition coefficient (Wildman–Crippen LogP) is 4.47. The highest BCUT2D eigenvalue weighted by molar-refractivity contribution is 5.44. The van der Waals surface area contributed by atoms with E-state index in [1.165, 1.54) is 37.7 Å². The summed E-state index contributed by atoms with van der Waals surface area (Å²) in [5.74, 6) is 2.70. The van der Waals surface area contributed by atoms with Crippen LogP contribution in [0.4, 0.5) is 0 Å². The minimum atomic E-state index is 0.0666. The molecular formula is C19H29NO2. The highest BCUT2D eigenvalue weighted by Crippen LogP contribution is 2.47. The molecule has 3 heteroatoms. The molecule has 0 radical (unpaired) electrons. The third kappa shape index (κ3) is 3.24. The first-order valence-corrected chi connectivity index (χ1v) is 8.72. The number of ether oxygens (including phenoxy) is 2. The molecule has 3 nitrogen and oxygen atoms in total. The van der Waals surface area contributed by atoms with Crippen LogP contribution in [-0.4, -0.2) is 19.3 Å². The maximum absolute atomic E-state index is 6.44. The number of benzene rings is 1. The summed E-state index contributed by atoms with van der Waals surface area (Å²) in [5.41, 5.74) is 1.33. The van der Waals surface area contributed by atoms with Crippen LogP contribution in [-0.2, 0) is 0 Å². The molecule has 1 fully saturated rings. The maximum Gasteiger partial charge on any atom is 0.125 e. The number of fused-ring (bicyclic) bond motifs is 1. The van der Waals surface area contributed by atoms with E-state index in [-0.39, 0.29) is 5.60 Å². The van der Waals surface area contributed by atoms with Gasteiger partial charge in [-0.3, -0.25) is 0 Å². The fraction of sp³-hybridized carbons (Fsp3) is 0.684. The molecule has 1 saturated carbocycles. The van der Waals surface area contributed by atoms with Gasteiger partial charge in [0.2, 0.25) is 0 Å². The van der Waals surface area contributed by atoms with Gasteiger partial charge in [0.25, 0.3) is 0 Å². The van der Waals surface area contributed by atoms with Crippen molar-refractivity contribution in [2.75, 3.05) is 13.7 Å². The number of hydrogen-bond acceptors (Lipinski definition) is 3. The van der Waals surface area contributed by atoms with Crippen molar-refractivity contribution in [3.8, 4) is 11.5 Å². The second-order valence-electron chi connectivity index (χ2n) is 7.29. The molecule has 2 aliphatic rings. The van der Waals surface area contributed by atoms with Crippen molar-refractivity contribution in [3.05, 3.63) is 23.8 Å². The number of rotatable bonds is 5. The highest BCUT2D eigenvalue weighted by atomic mass is 16.5. The van der Waals surface area contributed by atoms with Crippen LogP contribution in [0.15, 0.2) is 18.2 Å². The monoisotopic (exact) mass is 303 g/mol. The summed E-state index contributed by atoms with van der Waals surface area (Å²) in [4.78, 5) is 0. The van der Waals surface area contributed by atoms with Crippen LogP contribution >= 0.6 is 0 Å². The summed E-state index contributed by atoms with van der Waals surface area (Å²) in [7, 11) is 1.73. The highest BCUT2D eigenvalue weighted by Gasteiger charge is 2.43. The Morgan fingerprint density at radius 1 is 1.32 bits per heavy atom. The Bertz CT molecular complexity index is 506. The van der Waals surface area contributed by atoms with Gasteiger partial charge >= 0.3 is 0 Å². The number of nitrogens with one attached hydrogen (secondary N) is 1. The van der Waals surface area contributed by atoms with Gasteiger partial charge in [0, 0.05) is 18.0 Å². The molecule has 1 spiro atoms. The number of methoxy groups -OCH3 is 1. The van der Waals surface area contributed by atoms with Crippen LogP contribution in [0.2, 0.25) is 0 Å². The summed E-state index contributed by atoms with van der Waals surface area (Å²) in [6, 6.07) is 6.63. The van der Waals surface area contributed by atoms with Crippen LogP contribution < -0.4 is 14.8 Å². The Morgan fingerprint density at radius 2 is 2.09 bits per heavy atom. The Balaban J connectivity index is 1.82. The molecule has 1 N–H and O–H groups in total. The van der Waals surface area contributed by atoms with E-state index >= 15 is 0 Å². The van der Waals surface area contributed by atoms with E-state index in [4.69, 9.17) is 9.47 Å². The van der Waals surface area contributed by atoms with Crippen molar-refractivity contribution in [1.29, 1.82) is 0 Å². The number of hydrogen-bond donors (Lipinski definition) is 1. The van der Waals surface area contributed by atoms with E-state index in [2.05, 4.69) is 31.3 Å². The normalized spacial score (nSPS) is 22.6. The molecule has 1 unspecified atom stereocenters. The lowest BCUT2D eigenvalue weighted by atomic mass is 9.85. The van der Waals surface area contributed by atoms with Gasteiger partial charge in [-0.25, -0.2) is 0 Å². The zero-order valence-electron chi connectivity index (χ0n) is 14.2. The zero-order chi connectivity index (χ0) is 15.6. The van der Waals surface area contributed by atoms with E-state index in [0.29, 0.717) is 6.04 Å². The third-order valence-corrected chi connectivity index (χ3v) is 5.12. The lowest BCUT2D eigenvalue weighted by Gasteiger charge is -2.40. The quantitative estimate of drug-likeness (QED) is 0.870. The van der Waals surface area contributed by atoms with E-state index in [9.17, 15) is 0 Å². The van der Waals surface area contributed by atoms with Crippen LogP contribution in [0.25, 0.3) is 0 Å². The van der Waals surface area contributed by atoms with Crippen LogP contribution in [0.1, 0.15) is 64.0 Å². The summed E-state index contributed by atoms with van der Waals surface area (Å²) in [6.45, 7) is 5.62. The van der Waals surface area contributed by atoms with Gasteiger partial charge < -0.3 is 14.8 Å². The van der Waals surface area contributed by atoms with Crippen molar-refractivity contribution < 1.29 is 9.47 Å². The third-order valence-electron chi connectivity index (χ3n) is 5.12. The Kier molecular flexibility index (Phi) is 4.62. The Labute approximate surface area is 134 Å². The van der Waals surface area contributed by atoms with Crippen LogP contribution in [0.3, 0.4) is 0 Å². The van der Waals surface area contributed by atoms with Gasteiger partial charge in [-0.2, -0.15) is 0 Å². The molecule has 3 rings (SSSR count). The van der Waals surface area contributed by atoms with Gasteiger partial charge in [0.1, 0.15) is 17.1 Å². The van der Waals surface area contributed by atoms with Crippen molar-refractivity contribution in [3.63, 3.8) is 0 Å². The standard InChI is InChI=1S/C19H29NO2/c1-14(2)8-11-20-17-13-19(9-4-5-10-19)22-18-7-6-15(21-3)12-16(17)18/h6-7,12,14,17,20H,4-5,8-11,13H2,1-3H3. The molecule has 0 amide bonds. The molecule has 1 atom stereocenters. The molecule has 1 heterocycles. The van der Waals surface area contributed by atoms with Gasteiger partial charge in [0.15, 0.2) is 0 Å². The molecule has 0 aromatic heterocycles. The van der Waals surface area contributed by atoms with Gasteiger partial charge in [-0.05, 0) is 62.8 Å². The summed E-state index contributed by atoms with van der Waals surface area (Å²) < 4.78 is 11.8. The van der Waals surface area contributed by atoms with Crippen molar-refractivity contribution >= 4 is 0 Å². The smallest absolute Gasteiger partial charge is 0.125 e. The molecule has 1 aromatic carbocycles. The first kappa shape index (κ1) is 15.7. The van der Waals surface area contributed by atoms with E-state index in [1.807, 2.05) is 6.07 Å². The summed E-state index contributed by atoms with van der Waals surface area (Å²) >= 11 is 0. The Hall–Kier alpha value is -1.22. The largest absolute Gasteiger partial charge is 0.497 e. The predicted molar refractivity (Wildman–Crippen MR) is 89.6 cm³/mol. The lowest BCUT2D eigenvalue weighted by Crippen LogP contribution is -2.42. The summed E-state index contributed by atoms with van der Waals surface area (Å²) in [5, 5.41) is 3.78. The van der Waals surface area contributed by atoms with Gasteiger partial charge in [-0.1, -0.05) is 13.8 Å². The maximum atomic E-state index is 6.44. The molecule has 0 saturated heterocycles. The minimum Gasteiger partial charge on any atom is -0.497 e. The fourth-order valence-electron chi connectivity index (χ4n) is 3.83. The van der Waals surface area contributed by atoms with Gasteiger partial charge in [0.05, 0.1) is 7.11 Å². The topological polar surface area (TPSA) is 30.5 Å². The molecule has 122 valence electrons. The average Bonchev–Trinajstić information content (AvgIpc) is 2.94. The Morgan fingerprint density at radius 3 is 2.77 bits per heavy atom. The van der Waals surface area contributed by atoms with Crippen LogP contribution in [0.5, 0.6) is 11.5 Å². The van der Waals surface area contributed by atoms with Crippen molar-refractivity contribution in [2.24, 2.45) is 5.92 Å². The molecule has 1 aromatic rings. The fourth-order valence-corrected chi connectivity index (χ4v) is 3.83. The van der Waals surface area contributed by atoms with E-state index in [1.54, 1.807) is 7.11 Å². The molecule has 1 aliphatic carbocycles. The molecular weight excluding hydrogens is 274 g/mol. The zero-order valence-corrected chi connectivity index (χ0v) is 14.2.